The van der Waals surface area contributed by atoms with Crippen molar-refractivity contribution in [2.75, 3.05) is 13.2 Å². The van der Waals surface area contributed by atoms with E-state index in [1.165, 1.54) is 0 Å². The summed E-state index contributed by atoms with van der Waals surface area (Å²) in [7, 11) is 0. The fourth-order valence-corrected chi connectivity index (χ4v) is 3.69. The Hall–Kier alpha value is -3.72. The van der Waals surface area contributed by atoms with Gasteiger partial charge in [0, 0.05) is 31.0 Å². The van der Waals surface area contributed by atoms with Gasteiger partial charge in [-0.2, -0.15) is 0 Å². The average molecular weight is 421 g/mol. The van der Waals surface area contributed by atoms with Crippen LogP contribution in [0.15, 0.2) is 60.7 Å². The van der Waals surface area contributed by atoms with Crippen LogP contribution >= 0.6 is 0 Å². The smallest absolute Gasteiger partial charge is 0.407 e. The van der Waals surface area contributed by atoms with E-state index in [-0.39, 0.29) is 25.5 Å². The molecule has 0 radical (unpaired) electrons. The predicted octanol–water partition coefficient (Wildman–Crippen LogP) is 5.38. The number of rotatable bonds is 4. The SMILES string of the molecule is O=C(NCCC#Cc1c(F)cc(F)cc1F)OCC1c2ccccc2-c2ccccc21. The van der Waals surface area contributed by atoms with Gasteiger partial charge in [-0.25, -0.2) is 18.0 Å². The Morgan fingerprint density at radius 3 is 2.13 bits per heavy atom. The second kappa shape index (κ2) is 8.97. The number of nitrogens with one attached hydrogen (secondary N) is 1. The first-order chi connectivity index (χ1) is 15.0. The zero-order valence-corrected chi connectivity index (χ0v) is 16.4. The van der Waals surface area contributed by atoms with Gasteiger partial charge in [0.25, 0.3) is 0 Å². The monoisotopic (exact) mass is 421 g/mol. The molecule has 31 heavy (non-hydrogen) atoms. The topological polar surface area (TPSA) is 38.3 Å². The Bertz CT molecular complexity index is 1130. The molecule has 4 rings (SSSR count). The van der Waals surface area contributed by atoms with Crippen LogP contribution in [0.2, 0.25) is 0 Å². The van der Waals surface area contributed by atoms with Crippen molar-refractivity contribution >= 4 is 6.09 Å². The summed E-state index contributed by atoms with van der Waals surface area (Å²) in [5.41, 5.74) is 4.02. The van der Waals surface area contributed by atoms with Gasteiger partial charge in [0.15, 0.2) is 0 Å². The highest BCUT2D eigenvalue weighted by atomic mass is 19.1. The average Bonchev–Trinajstić information content (AvgIpc) is 3.07. The van der Waals surface area contributed by atoms with Gasteiger partial charge in [0.2, 0.25) is 0 Å². The molecule has 0 heterocycles. The molecule has 0 aliphatic heterocycles. The molecule has 0 saturated heterocycles. The number of hydrogen-bond acceptors (Lipinski definition) is 2. The third-order valence-electron chi connectivity index (χ3n) is 5.08. The van der Waals surface area contributed by atoms with Gasteiger partial charge in [-0.05, 0) is 22.3 Å². The van der Waals surface area contributed by atoms with Gasteiger partial charge in [0.05, 0.1) is 5.56 Å². The lowest BCUT2D eigenvalue weighted by Crippen LogP contribution is -2.26. The van der Waals surface area contributed by atoms with Crippen molar-refractivity contribution in [3.8, 4) is 23.0 Å². The number of carbonyl (C=O) groups excluding carboxylic acids is 1. The fourth-order valence-electron chi connectivity index (χ4n) is 3.69. The molecular formula is C25H18F3NO2. The first-order valence-electron chi connectivity index (χ1n) is 9.77. The van der Waals surface area contributed by atoms with Gasteiger partial charge in [-0.3, -0.25) is 0 Å². The Morgan fingerprint density at radius 2 is 1.52 bits per heavy atom. The summed E-state index contributed by atoms with van der Waals surface area (Å²) >= 11 is 0. The van der Waals surface area contributed by atoms with E-state index >= 15 is 0 Å². The third kappa shape index (κ3) is 4.41. The Balaban J connectivity index is 1.30. The highest BCUT2D eigenvalue weighted by Crippen LogP contribution is 2.44. The molecule has 1 aliphatic carbocycles. The molecule has 0 atom stereocenters. The number of alkyl carbamates (subject to hydrolysis) is 1. The molecule has 0 saturated carbocycles. The minimum absolute atomic E-state index is 0.0395. The molecule has 0 fully saturated rings. The van der Waals surface area contributed by atoms with E-state index in [0.29, 0.717) is 12.1 Å². The van der Waals surface area contributed by atoms with Gasteiger partial charge in [-0.15, -0.1) is 0 Å². The van der Waals surface area contributed by atoms with Crippen LogP contribution in [-0.4, -0.2) is 19.2 Å². The van der Waals surface area contributed by atoms with Crippen LogP contribution in [0.1, 0.15) is 29.0 Å². The van der Waals surface area contributed by atoms with Crippen molar-refractivity contribution in [2.24, 2.45) is 0 Å². The molecule has 156 valence electrons. The molecule has 1 amide bonds. The minimum atomic E-state index is -1.06. The van der Waals surface area contributed by atoms with E-state index in [4.69, 9.17) is 4.74 Å². The normalized spacial score (nSPS) is 11.8. The second-order valence-corrected chi connectivity index (χ2v) is 7.05. The summed E-state index contributed by atoms with van der Waals surface area (Å²) < 4.78 is 45.4. The second-order valence-electron chi connectivity index (χ2n) is 7.05. The maximum Gasteiger partial charge on any atom is 0.407 e. The van der Waals surface area contributed by atoms with Crippen molar-refractivity contribution in [1.82, 2.24) is 5.32 Å². The highest BCUT2D eigenvalue weighted by Gasteiger charge is 2.28. The molecule has 3 aromatic carbocycles. The van der Waals surface area contributed by atoms with Crippen LogP contribution in [-0.2, 0) is 4.74 Å². The summed E-state index contributed by atoms with van der Waals surface area (Å²) in [6.07, 6.45) is -0.441. The summed E-state index contributed by atoms with van der Waals surface area (Å²) in [5.74, 6) is 1.72. The van der Waals surface area contributed by atoms with Crippen LogP contribution in [0, 0.1) is 29.3 Å². The lowest BCUT2D eigenvalue weighted by Gasteiger charge is -2.14. The Kier molecular flexibility index (Phi) is 5.94. The number of carbonyl (C=O) groups is 1. The molecule has 1 N–H and O–H groups in total. The predicted molar refractivity (Wildman–Crippen MR) is 111 cm³/mol. The molecule has 3 aromatic rings. The van der Waals surface area contributed by atoms with Crippen LogP contribution in [0.25, 0.3) is 11.1 Å². The van der Waals surface area contributed by atoms with Crippen molar-refractivity contribution in [3.05, 3.63) is 94.8 Å². The quantitative estimate of drug-likeness (QED) is 0.454. The van der Waals surface area contributed by atoms with Crippen LogP contribution < -0.4 is 5.32 Å². The number of benzene rings is 3. The van der Waals surface area contributed by atoms with Crippen molar-refractivity contribution in [1.29, 1.82) is 0 Å². The van der Waals surface area contributed by atoms with Crippen LogP contribution in [0.5, 0.6) is 0 Å². The first-order valence-corrected chi connectivity index (χ1v) is 9.77. The van der Waals surface area contributed by atoms with Crippen molar-refractivity contribution in [2.45, 2.75) is 12.3 Å². The highest BCUT2D eigenvalue weighted by molar-refractivity contribution is 5.79. The standard InChI is InChI=1S/C25H18F3NO2/c26-16-13-23(27)21(24(28)14-16)11-5-6-12-29-25(30)31-15-22-19-9-3-1-7-17(19)18-8-2-4-10-20(18)22/h1-4,7-10,13-14,22H,6,12,15H2,(H,29,30). The van der Waals surface area contributed by atoms with Gasteiger partial charge in [0.1, 0.15) is 24.1 Å². The van der Waals surface area contributed by atoms with E-state index in [2.05, 4.69) is 29.3 Å². The van der Waals surface area contributed by atoms with Crippen molar-refractivity contribution < 1.29 is 22.7 Å². The van der Waals surface area contributed by atoms with Gasteiger partial charge >= 0.3 is 6.09 Å². The molecule has 1 aliphatic rings. The minimum Gasteiger partial charge on any atom is -0.449 e. The number of fused-ring (bicyclic) bond motifs is 3. The molecular weight excluding hydrogens is 403 g/mol. The number of ether oxygens (including phenoxy) is 1. The zero-order chi connectivity index (χ0) is 21.8. The van der Waals surface area contributed by atoms with Gasteiger partial charge < -0.3 is 10.1 Å². The lowest BCUT2D eigenvalue weighted by atomic mass is 9.98. The Labute approximate surface area is 177 Å². The largest absolute Gasteiger partial charge is 0.449 e. The van der Waals surface area contributed by atoms with Crippen molar-refractivity contribution in [3.63, 3.8) is 0 Å². The molecule has 0 aromatic heterocycles. The number of amides is 1. The molecule has 0 bridgehead atoms. The van der Waals surface area contributed by atoms with E-state index in [9.17, 15) is 18.0 Å². The Morgan fingerprint density at radius 1 is 0.935 bits per heavy atom. The maximum atomic E-state index is 13.5. The van der Waals surface area contributed by atoms with E-state index in [1.54, 1.807) is 0 Å². The molecule has 0 spiro atoms. The fraction of sp³-hybridized carbons (Fsp3) is 0.160. The molecule has 6 heteroatoms. The maximum absolute atomic E-state index is 13.5. The summed E-state index contributed by atoms with van der Waals surface area (Å²) in [5, 5.41) is 2.57. The summed E-state index contributed by atoms with van der Waals surface area (Å²) in [6, 6.07) is 17.2. The van der Waals surface area contributed by atoms with Gasteiger partial charge in [-0.1, -0.05) is 60.4 Å². The van der Waals surface area contributed by atoms with Crippen LogP contribution in [0.3, 0.4) is 0 Å². The van der Waals surface area contributed by atoms with Crippen LogP contribution in [0.4, 0.5) is 18.0 Å². The summed E-state index contributed by atoms with van der Waals surface area (Å²) in [4.78, 5) is 12.1. The summed E-state index contributed by atoms with van der Waals surface area (Å²) in [6.45, 7) is 0.339. The zero-order valence-electron chi connectivity index (χ0n) is 16.4. The molecule has 3 nitrogen and oxygen atoms in total. The third-order valence-corrected chi connectivity index (χ3v) is 5.08. The van der Waals surface area contributed by atoms with E-state index < -0.39 is 29.1 Å². The number of hydrogen-bond donors (Lipinski definition) is 1. The van der Waals surface area contributed by atoms with E-state index in [1.807, 2.05) is 36.4 Å². The molecule has 0 unspecified atom stereocenters. The number of halogens is 3. The first kappa shape index (κ1) is 20.5. The van der Waals surface area contributed by atoms with E-state index in [0.717, 1.165) is 22.3 Å². The lowest BCUT2D eigenvalue weighted by molar-refractivity contribution is 0.143.